The zero-order chi connectivity index (χ0) is 18.5. The number of nitrogens with one attached hydrogen (secondary N) is 1. The molecule has 0 saturated carbocycles. The Morgan fingerprint density at radius 3 is 2.46 bits per heavy atom. The van der Waals surface area contributed by atoms with Crippen LogP contribution >= 0.6 is 0 Å². The number of amides is 1. The number of hydrogen-bond acceptors (Lipinski definition) is 5. The number of ether oxygens (including phenoxy) is 1. The second-order valence-electron chi connectivity index (χ2n) is 5.33. The quantitative estimate of drug-likeness (QED) is 0.620. The van der Waals surface area contributed by atoms with Gasteiger partial charge in [-0.3, -0.25) is 4.79 Å². The Morgan fingerprint density at radius 1 is 1.29 bits per heavy atom. The van der Waals surface area contributed by atoms with Gasteiger partial charge in [-0.25, -0.2) is 17.5 Å². The highest BCUT2D eigenvalue weighted by molar-refractivity contribution is 7.89. The van der Waals surface area contributed by atoms with Gasteiger partial charge in [0.15, 0.2) is 6.10 Å². The number of allylic oxidation sites excluding steroid dienone is 1. The molecule has 0 aliphatic heterocycles. The van der Waals surface area contributed by atoms with Gasteiger partial charge in [-0.15, -0.1) is 0 Å². The highest BCUT2D eigenvalue weighted by atomic mass is 32.2. The van der Waals surface area contributed by atoms with E-state index in [1.807, 2.05) is 0 Å². The van der Waals surface area contributed by atoms with E-state index >= 15 is 0 Å². The molecule has 1 aromatic rings. The first-order valence-corrected chi connectivity index (χ1v) is 8.71. The largest absolute Gasteiger partial charge is 0.449 e. The van der Waals surface area contributed by atoms with Crippen molar-refractivity contribution in [1.82, 2.24) is 4.31 Å². The van der Waals surface area contributed by atoms with Gasteiger partial charge in [0.2, 0.25) is 10.0 Å². The second-order valence-corrected chi connectivity index (χ2v) is 7.48. The fourth-order valence-corrected chi connectivity index (χ4v) is 2.67. The van der Waals surface area contributed by atoms with E-state index < -0.39 is 28.0 Å². The minimum atomic E-state index is -3.61. The molecule has 0 aromatic heterocycles. The Morgan fingerprint density at radius 2 is 1.92 bits per heavy atom. The molecular weight excluding hydrogens is 332 g/mol. The molecule has 0 saturated heterocycles. The van der Waals surface area contributed by atoms with E-state index in [-0.39, 0.29) is 4.90 Å². The summed E-state index contributed by atoms with van der Waals surface area (Å²) in [4.78, 5) is 23.6. The molecule has 1 unspecified atom stereocenters. The van der Waals surface area contributed by atoms with Crippen LogP contribution < -0.4 is 5.32 Å². The molecule has 7 nitrogen and oxygen atoms in total. The van der Waals surface area contributed by atoms with Gasteiger partial charge < -0.3 is 10.1 Å². The van der Waals surface area contributed by atoms with Crippen LogP contribution in [-0.2, 0) is 24.3 Å². The van der Waals surface area contributed by atoms with Gasteiger partial charge in [0.1, 0.15) is 0 Å². The van der Waals surface area contributed by atoms with Gasteiger partial charge in [0.05, 0.1) is 4.90 Å². The highest BCUT2D eigenvalue weighted by Crippen LogP contribution is 2.22. The Balaban J connectivity index is 2.99. The van der Waals surface area contributed by atoms with Gasteiger partial charge >= 0.3 is 5.97 Å². The molecule has 24 heavy (non-hydrogen) atoms. The molecule has 0 aliphatic carbocycles. The average molecular weight is 354 g/mol. The van der Waals surface area contributed by atoms with Crippen LogP contribution in [0.1, 0.15) is 19.4 Å². The Labute approximate surface area is 142 Å². The fraction of sp³-hybridized carbons (Fsp3) is 0.375. The van der Waals surface area contributed by atoms with Crippen LogP contribution in [0.2, 0.25) is 0 Å². The molecule has 1 amide bonds. The minimum Gasteiger partial charge on any atom is -0.449 e. The number of esters is 1. The van der Waals surface area contributed by atoms with Crippen LogP contribution in [0.3, 0.4) is 0 Å². The third-order valence-electron chi connectivity index (χ3n) is 3.21. The molecule has 0 aliphatic rings. The summed E-state index contributed by atoms with van der Waals surface area (Å²) >= 11 is 0. The molecule has 8 heteroatoms. The lowest BCUT2D eigenvalue weighted by Gasteiger charge is -2.16. The van der Waals surface area contributed by atoms with Crippen molar-refractivity contribution in [2.24, 2.45) is 0 Å². The lowest BCUT2D eigenvalue weighted by Crippen LogP contribution is -2.30. The van der Waals surface area contributed by atoms with Gasteiger partial charge in [-0.1, -0.05) is 12.1 Å². The van der Waals surface area contributed by atoms with E-state index in [2.05, 4.69) is 5.32 Å². The number of nitrogens with zero attached hydrogens (tertiary/aromatic N) is 1. The van der Waals surface area contributed by atoms with Crippen molar-refractivity contribution in [3.63, 3.8) is 0 Å². The molecule has 1 atom stereocenters. The number of rotatable bonds is 6. The number of anilines is 1. The first-order valence-electron chi connectivity index (χ1n) is 7.27. The van der Waals surface area contributed by atoms with Crippen LogP contribution in [0, 0.1) is 6.92 Å². The molecule has 0 bridgehead atoms. The summed E-state index contributed by atoms with van der Waals surface area (Å²) in [5.74, 6) is -1.17. The molecule has 1 aromatic carbocycles. The van der Waals surface area contributed by atoms with Crippen LogP contribution in [0.5, 0.6) is 0 Å². The summed E-state index contributed by atoms with van der Waals surface area (Å²) in [6.45, 7) is 4.83. The maximum atomic E-state index is 12.2. The summed E-state index contributed by atoms with van der Waals surface area (Å²) < 4.78 is 30.4. The number of carbonyl (C=O) groups is 2. The van der Waals surface area contributed by atoms with Crippen molar-refractivity contribution < 1.29 is 22.7 Å². The van der Waals surface area contributed by atoms with Crippen LogP contribution in [0.4, 0.5) is 5.69 Å². The van der Waals surface area contributed by atoms with Crippen molar-refractivity contribution in [2.45, 2.75) is 31.8 Å². The highest BCUT2D eigenvalue weighted by Gasteiger charge is 2.21. The van der Waals surface area contributed by atoms with E-state index in [0.29, 0.717) is 11.3 Å². The maximum Gasteiger partial charge on any atom is 0.331 e. The second kappa shape index (κ2) is 8.07. The van der Waals surface area contributed by atoms with Gasteiger partial charge in [0.25, 0.3) is 5.91 Å². The first-order chi connectivity index (χ1) is 11.1. The predicted octanol–water partition coefficient (Wildman–Crippen LogP) is 1.69. The smallest absolute Gasteiger partial charge is 0.331 e. The number of sulfonamides is 1. The van der Waals surface area contributed by atoms with Crippen LogP contribution in [0.25, 0.3) is 0 Å². The van der Waals surface area contributed by atoms with E-state index in [4.69, 9.17) is 4.74 Å². The number of aryl methyl sites for hydroxylation is 1. The molecule has 0 fully saturated rings. The molecule has 0 spiro atoms. The maximum absolute atomic E-state index is 12.2. The Hall–Kier alpha value is -2.19. The third-order valence-corrected chi connectivity index (χ3v) is 5.02. The topological polar surface area (TPSA) is 92.8 Å². The Bertz CT molecular complexity index is 754. The number of hydrogen-bond donors (Lipinski definition) is 1. The lowest BCUT2D eigenvalue weighted by atomic mass is 10.2. The number of benzene rings is 1. The lowest BCUT2D eigenvalue weighted by molar-refractivity contribution is -0.148. The van der Waals surface area contributed by atoms with Gasteiger partial charge in [-0.05, 0) is 38.5 Å². The molecule has 0 radical (unpaired) electrons. The zero-order valence-corrected chi connectivity index (χ0v) is 15.2. The molecule has 132 valence electrons. The summed E-state index contributed by atoms with van der Waals surface area (Å²) in [5, 5.41) is 2.59. The molecule has 0 heterocycles. The SMILES string of the molecule is C/C=C/C(=O)OC(C)C(=O)Nc1cc(S(=O)(=O)N(C)C)ccc1C. The van der Waals surface area contributed by atoms with E-state index in [9.17, 15) is 18.0 Å². The van der Waals surface area contributed by atoms with Crippen LogP contribution in [0.15, 0.2) is 35.2 Å². The van der Waals surface area contributed by atoms with E-state index in [0.717, 1.165) is 4.31 Å². The van der Waals surface area contributed by atoms with E-state index in [1.54, 1.807) is 19.9 Å². The zero-order valence-electron chi connectivity index (χ0n) is 14.4. The number of carbonyl (C=O) groups excluding carboxylic acids is 2. The van der Waals surface area contributed by atoms with E-state index in [1.165, 1.54) is 45.3 Å². The van der Waals surface area contributed by atoms with Gasteiger partial charge in [0, 0.05) is 25.9 Å². The third kappa shape index (κ3) is 4.90. The summed E-state index contributed by atoms with van der Waals surface area (Å²) in [6.07, 6.45) is 1.70. The normalized spacial score (nSPS) is 13.1. The van der Waals surface area contributed by atoms with Crippen LogP contribution in [-0.4, -0.2) is 44.8 Å². The summed E-state index contributed by atoms with van der Waals surface area (Å²) in [5.41, 5.74) is 1.03. The van der Waals surface area contributed by atoms with Gasteiger partial charge in [-0.2, -0.15) is 0 Å². The van der Waals surface area contributed by atoms with Crippen molar-refractivity contribution in [1.29, 1.82) is 0 Å². The standard InChI is InChI=1S/C16H22N2O5S/c1-6-7-15(19)23-12(3)16(20)17-14-10-13(9-8-11(14)2)24(21,22)18(4)5/h6-10,12H,1-5H3,(H,17,20)/b7-6+. The summed E-state index contributed by atoms with van der Waals surface area (Å²) in [7, 11) is -0.757. The first kappa shape index (κ1) is 19.9. The summed E-state index contributed by atoms with van der Waals surface area (Å²) in [6, 6.07) is 4.45. The monoisotopic (exact) mass is 354 g/mol. The minimum absolute atomic E-state index is 0.0620. The average Bonchev–Trinajstić information content (AvgIpc) is 2.49. The van der Waals surface area contributed by atoms with Crippen molar-refractivity contribution in [2.75, 3.05) is 19.4 Å². The predicted molar refractivity (Wildman–Crippen MR) is 91.0 cm³/mol. The van der Waals surface area contributed by atoms with Crippen molar-refractivity contribution in [3.05, 3.63) is 35.9 Å². The molecule has 1 N–H and O–H groups in total. The van der Waals surface area contributed by atoms with Crippen molar-refractivity contribution in [3.8, 4) is 0 Å². The Kier molecular flexibility index (Phi) is 6.68. The molecule has 1 rings (SSSR count). The fourth-order valence-electron chi connectivity index (χ4n) is 1.74. The molecular formula is C16H22N2O5S. The van der Waals surface area contributed by atoms with Crippen molar-refractivity contribution >= 4 is 27.6 Å².